The van der Waals surface area contributed by atoms with Crippen LogP contribution in [0.2, 0.25) is 0 Å². The first-order valence-corrected chi connectivity index (χ1v) is 11.6. The summed E-state index contributed by atoms with van der Waals surface area (Å²) in [6, 6.07) is 14.1. The highest BCUT2D eigenvalue weighted by molar-refractivity contribution is 14.1. The number of nitrogens with zero attached hydrogens (tertiary/aromatic N) is 5. The molecule has 3 aromatic carbocycles. The molecular weight excluding hydrogens is 590 g/mol. The Balaban J connectivity index is 1.39. The first-order chi connectivity index (χ1) is 17.1. The SMILES string of the molecule is Cc1cc(Cn2nnn(-c3ccc(C(F)(F)F)cc3)c2=O)ccc1N1C(=O)c2cccc(I)c2C1=O. The number of aryl methyl sites for hydroxylation is 1. The Morgan fingerprint density at radius 2 is 1.64 bits per heavy atom. The second-order valence-electron chi connectivity index (χ2n) is 8.10. The van der Waals surface area contributed by atoms with Crippen molar-refractivity contribution in [2.24, 2.45) is 0 Å². The van der Waals surface area contributed by atoms with Gasteiger partial charge in [-0.15, -0.1) is 0 Å². The number of halogens is 4. The van der Waals surface area contributed by atoms with Gasteiger partial charge in [-0.2, -0.15) is 22.5 Å². The van der Waals surface area contributed by atoms with E-state index < -0.39 is 29.2 Å². The van der Waals surface area contributed by atoms with Crippen LogP contribution < -0.4 is 10.6 Å². The topological polar surface area (TPSA) is 90.1 Å². The molecule has 1 aromatic heterocycles. The first kappa shape index (κ1) is 23.9. The van der Waals surface area contributed by atoms with Crippen LogP contribution in [0.5, 0.6) is 0 Å². The van der Waals surface area contributed by atoms with Gasteiger partial charge in [-0.25, -0.2) is 9.69 Å². The van der Waals surface area contributed by atoms with Crippen LogP contribution >= 0.6 is 22.6 Å². The van der Waals surface area contributed by atoms with Crippen LogP contribution in [0.4, 0.5) is 18.9 Å². The maximum atomic E-state index is 13.0. The fraction of sp³-hybridized carbons (Fsp3) is 0.125. The Morgan fingerprint density at radius 3 is 2.28 bits per heavy atom. The van der Waals surface area contributed by atoms with Crippen molar-refractivity contribution in [1.82, 2.24) is 19.8 Å². The van der Waals surface area contributed by atoms with Gasteiger partial charge in [0.05, 0.1) is 34.6 Å². The minimum Gasteiger partial charge on any atom is -0.268 e. The predicted molar refractivity (Wildman–Crippen MR) is 131 cm³/mol. The molecule has 0 N–H and O–H groups in total. The predicted octanol–water partition coefficient (Wildman–Crippen LogP) is 4.21. The van der Waals surface area contributed by atoms with Gasteiger partial charge in [0.25, 0.3) is 11.8 Å². The third-order valence-corrected chi connectivity index (χ3v) is 6.68. The van der Waals surface area contributed by atoms with Crippen LogP contribution in [-0.4, -0.2) is 31.6 Å². The van der Waals surface area contributed by atoms with Gasteiger partial charge in [-0.05, 0) is 93.5 Å². The lowest BCUT2D eigenvalue weighted by atomic mass is 10.1. The first-order valence-electron chi connectivity index (χ1n) is 10.5. The summed E-state index contributed by atoms with van der Waals surface area (Å²) >= 11 is 2.02. The number of aromatic nitrogens is 4. The maximum Gasteiger partial charge on any atom is 0.416 e. The van der Waals surface area contributed by atoms with Gasteiger partial charge in [-0.3, -0.25) is 9.59 Å². The van der Waals surface area contributed by atoms with E-state index in [1.165, 1.54) is 0 Å². The molecule has 182 valence electrons. The Bertz CT molecular complexity index is 1590. The number of carbonyl (C=O) groups excluding carboxylic acids is 2. The lowest BCUT2D eigenvalue weighted by Gasteiger charge is -2.17. The van der Waals surface area contributed by atoms with Gasteiger partial charge in [0.1, 0.15) is 0 Å². The zero-order valence-electron chi connectivity index (χ0n) is 18.5. The van der Waals surface area contributed by atoms with Crippen LogP contribution in [0.1, 0.15) is 37.4 Å². The van der Waals surface area contributed by atoms with E-state index in [1.54, 1.807) is 43.3 Å². The molecule has 5 rings (SSSR count). The summed E-state index contributed by atoms with van der Waals surface area (Å²) in [6.07, 6.45) is -4.49. The van der Waals surface area contributed by atoms with E-state index in [9.17, 15) is 27.6 Å². The van der Waals surface area contributed by atoms with E-state index >= 15 is 0 Å². The number of anilines is 1. The van der Waals surface area contributed by atoms with Gasteiger partial charge in [0.2, 0.25) is 0 Å². The highest BCUT2D eigenvalue weighted by Gasteiger charge is 2.38. The fourth-order valence-electron chi connectivity index (χ4n) is 4.03. The quantitative estimate of drug-likeness (QED) is 0.257. The van der Waals surface area contributed by atoms with Crippen LogP contribution in [-0.2, 0) is 12.7 Å². The number of fused-ring (bicyclic) bond motifs is 1. The molecule has 0 bridgehead atoms. The van der Waals surface area contributed by atoms with Gasteiger partial charge >= 0.3 is 11.9 Å². The summed E-state index contributed by atoms with van der Waals surface area (Å²) in [7, 11) is 0. The number of carbonyl (C=O) groups is 2. The normalized spacial score (nSPS) is 13.4. The van der Waals surface area contributed by atoms with E-state index in [2.05, 4.69) is 10.4 Å². The lowest BCUT2D eigenvalue weighted by molar-refractivity contribution is -0.137. The molecule has 0 unspecified atom stereocenters. The molecule has 0 fully saturated rings. The molecule has 0 saturated carbocycles. The van der Waals surface area contributed by atoms with Crippen LogP contribution in [0.15, 0.2) is 65.5 Å². The molecule has 0 spiro atoms. The number of alkyl halides is 3. The van der Waals surface area contributed by atoms with Crippen molar-refractivity contribution < 1.29 is 22.8 Å². The molecule has 1 aliphatic rings. The maximum absolute atomic E-state index is 13.0. The van der Waals surface area contributed by atoms with Crippen molar-refractivity contribution in [1.29, 1.82) is 0 Å². The number of benzene rings is 3. The van der Waals surface area contributed by atoms with Gasteiger partial charge in [0, 0.05) is 3.57 Å². The fourth-order valence-corrected chi connectivity index (χ4v) is 4.76. The summed E-state index contributed by atoms with van der Waals surface area (Å²) in [5, 5.41) is 7.59. The molecule has 0 radical (unpaired) electrons. The molecule has 12 heteroatoms. The van der Waals surface area contributed by atoms with Gasteiger partial charge < -0.3 is 0 Å². The van der Waals surface area contributed by atoms with E-state index in [1.807, 2.05) is 22.6 Å². The molecule has 4 aromatic rings. The third kappa shape index (κ3) is 4.00. The van der Waals surface area contributed by atoms with Crippen LogP contribution in [0, 0.1) is 10.5 Å². The Labute approximate surface area is 215 Å². The Morgan fingerprint density at radius 1 is 0.917 bits per heavy atom. The van der Waals surface area contributed by atoms with Crippen molar-refractivity contribution in [3.63, 3.8) is 0 Å². The third-order valence-electron chi connectivity index (χ3n) is 5.78. The second kappa shape index (κ2) is 8.69. The second-order valence-corrected chi connectivity index (χ2v) is 9.27. The van der Waals surface area contributed by atoms with Crippen LogP contribution in [0.3, 0.4) is 0 Å². The largest absolute Gasteiger partial charge is 0.416 e. The standard InChI is InChI=1S/C24H15F3IN5O3/c1-13-11-14(5-10-19(13)32-21(34)17-3-2-4-18(28)20(17)22(32)35)12-31-23(36)33(30-29-31)16-8-6-15(7-9-16)24(25,26)27/h2-11H,12H2,1H3. The van der Waals surface area contributed by atoms with Gasteiger partial charge in [0.15, 0.2) is 0 Å². The van der Waals surface area contributed by atoms with Crippen molar-refractivity contribution in [2.45, 2.75) is 19.6 Å². The smallest absolute Gasteiger partial charge is 0.268 e. The highest BCUT2D eigenvalue weighted by Crippen LogP contribution is 2.33. The summed E-state index contributed by atoms with van der Waals surface area (Å²) in [4.78, 5) is 39.8. The number of amides is 2. The summed E-state index contributed by atoms with van der Waals surface area (Å²) < 4.78 is 41.0. The number of tetrazole rings is 1. The molecule has 2 amide bonds. The molecular formula is C24H15F3IN5O3. The average Bonchev–Trinajstić information content (AvgIpc) is 3.31. The average molecular weight is 605 g/mol. The minimum absolute atomic E-state index is 0.0284. The lowest BCUT2D eigenvalue weighted by Crippen LogP contribution is -2.30. The molecule has 8 nitrogen and oxygen atoms in total. The van der Waals surface area contributed by atoms with Crippen LogP contribution in [0.25, 0.3) is 5.69 Å². The van der Waals surface area contributed by atoms with E-state index in [0.29, 0.717) is 31.5 Å². The highest BCUT2D eigenvalue weighted by atomic mass is 127. The Kier molecular flexibility index (Phi) is 5.77. The molecule has 2 heterocycles. The number of hydrogen-bond acceptors (Lipinski definition) is 5. The molecule has 0 aliphatic carbocycles. The molecule has 0 atom stereocenters. The molecule has 0 saturated heterocycles. The van der Waals surface area contributed by atoms with Crippen molar-refractivity contribution in [3.05, 3.63) is 103 Å². The Hall–Kier alpha value is -3.81. The number of rotatable bonds is 4. The number of imide groups is 1. The zero-order chi connectivity index (χ0) is 25.8. The van der Waals surface area contributed by atoms with E-state index in [-0.39, 0.29) is 12.2 Å². The van der Waals surface area contributed by atoms with Crippen molar-refractivity contribution in [2.75, 3.05) is 4.90 Å². The minimum atomic E-state index is -4.49. The van der Waals surface area contributed by atoms with E-state index in [4.69, 9.17) is 0 Å². The molecule has 1 aliphatic heterocycles. The zero-order valence-corrected chi connectivity index (χ0v) is 20.6. The summed E-state index contributed by atoms with van der Waals surface area (Å²) in [6.45, 7) is 1.77. The monoisotopic (exact) mass is 605 g/mol. The number of hydrogen-bond donors (Lipinski definition) is 0. The summed E-state index contributed by atoms with van der Waals surface area (Å²) in [5.74, 6) is -0.799. The van der Waals surface area contributed by atoms with Gasteiger partial charge in [-0.1, -0.05) is 18.2 Å². The van der Waals surface area contributed by atoms with Crippen molar-refractivity contribution in [3.8, 4) is 5.69 Å². The van der Waals surface area contributed by atoms with Crippen molar-refractivity contribution >= 4 is 40.1 Å². The van der Waals surface area contributed by atoms with E-state index in [0.717, 1.165) is 38.5 Å². The molecule has 36 heavy (non-hydrogen) atoms. The summed E-state index contributed by atoms with van der Waals surface area (Å²) in [5.41, 5.74) is 1.12.